The third-order valence-electron chi connectivity index (χ3n) is 3.18. The first-order valence-corrected chi connectivity index (χ1v) is 8.27. The summed E-state index contributed by atoms with van der Waals surface area (Å²) in [7, 11) is 0. The zero-order chi connectivity index (χ0) is 16.2. The molecular weight excluding hydrogens is 353 g/mol. The van der Waals surface area contributed by atoms with E-state index < -0.39 is 0 Å². The van der Waals surface area contributed by atoms with Gasteiger partial charge in [-0.1, -0.05) is 52.0 Å². The van der Waals surface area contributed by atoms with Gasteiger partial charge in [0.1, 0.15) is 10.6 Å². The van der Waals surface area contributed by atoms with Crippen LogP contribution >= 0.6 is 34.7 Å². The van der Waals surface area contributed by atoms with Crippen LogP contribution in [0, 0.1) is 0 Å². The predicted octanol–water partition coefficient (Wildman–Crippen LogP) is 4.44. The van der Waals surface area contributed by atoms with E-state index in [0.717, 1.165) is 22.7 Å². The van der Waals surface area contributed by atoms with Crippen molar-refractivity contribution in [2.75, 3.05) is 0 Å². The fourth-order valence-corrected chi connectivity index (χ4v) is 2.86. The van der Waals surface area contributed by atoms with E-state index >= 15 is 0 Å². The molecule has 0 aliphatic heterocycles. The number of benzene rings is 2. The summed E-state index contributed by atoms with van der Waals surface area (Å²) in [5.41, 5.74) is 2.33. The topological polar surface area (TPSA) is 54.9 Å². The lowest BCUT2D eigenvalue weighted by Gasteiger charge is -2.05. The highest BCUT2D eigenvalue weighted by atomic mass is 35.5. The first-order valence-electron chi connectivity index (χ1n) is 6.74. The summed E-state index contributed by atoms with van der Waals surface area (Å²) < 4.78 is 3.89. The molecule has 4 nitrogen and oxygen atoms in total. The smallest absolute Gasteiger partial charge is 0.265 e. The SMILES string of the molecule is O=C(NCc1ccc(Cl)cc1)c1snnc1-c1ccc(Cl)cc1. The van der Waals surface area contributed by atoms with Crippen molar-refractivity contribution < 1.29 is 4.79 Å². The van der Waals surface area contributed by atoms with Gasteiger partial charge in [-0.05, 0) is 41.4 Å². The quantitative estimate of drug-likeness (QED) is 0.745. The highest BCUT2D eigenvalue weighted by molar-refractivity contribution is 7.08. The highest BCUT2D eigenvalue weighted by Gasteiger charge is 2.17. The lowest BCUT2D eigenvalue weighted by atomic mass is 10.1. The molecule has 0 aliphatic rings. The minimum absolute atomic E-state index is 0.208. The fourth-order valence-electron chi connectivity index (χ4n) is 2.00. The molecule has 1 amide bonds. The summed E-state index contributed by atoms with van der Waals surface area (Å²) in [4.78, 5) is 12.8. The van der Waals surface area contributed by atoms with Crippen molar-refractivity contribution in [2.24, 2.45) is 0 Å². The van der Waals surface area contributed by atoms with Crippen LogP contribution in [0.3, 0.4) is 0 Å². The number of halogens is 2. The van der Waals surface area contributed by atoms with E-state index in [0.29, 0.717) is 27.2 Å². The van der Waals surface area contributed by atoms with Crippen LogP contribution in [0.2, 0.25) is 10.0 Å². The van der Waals surface area contributed by atoms with Crippen LogP contribution in [0.25, 0.3) is 11.3 Å². The zero-order valence-electron chi connectivity index (χ0n) is 11.8. The molecule has 0 radical (unpaired) electrons. The molecule has 1 aromatic heterocycles. The van der Waals surface area contributed by atoms with E-state index in [4.69, 9.17) is 23.2 Å². The Labute approximate surface area is 147 Å². The molecule has 0 atom stereocenters. The molecule has 0 fully saturated rings. The van der Waals surface area contributed by atoms with Crippen molar-refractivity contribution in [1.29, 1.82) is 0 Å². The Bertz CT molecular complexity index is 816. The molecule has 0 unspecified atom stereocenters. The van der Waals surface area contributed by atoms with E-state index in [1.165, 1.54) is 0 Å². The molecule has 1 N–H and O–H groups in total. The number of carbonyl (C=O) groups excluding carboxylic acids is 1. The molecule has 0 saturated carbocycles. The Hall–Kier alpha value is -1.95. The summed E-state index contributed by atoms with van der Waals surface area (Å²) in [5.74, 6) is -0.208. The number of aromatic nitrogens is 2. The Morgan fingerprint density at radius 1 is 1.00 bits per heavy atom. The second kappa shape index (κ2) is 7.08. The van der Waals surface area contributed by atoms with E-state index in [-0.39, 0.29) is 5.91 Å². The number of nitrogens with zero attached hydrogens (tertiary/aromatic N) is 2. The van der Waals surface area contributed by atoms with E-state index in [1.807, 2.05) is 24.3 Å². The number of hydrogen-bond acceptors (Lipinski definition) is 4. The molecule has 0 spiro atoms. The predicted molar refractivity (Wildman–Crippen MR) is 93.0 cm³/mol. The summed E-state index contributed by atoms with van der Waals surface area (Å²) in [5, 5.41) is 8.21. The molecule has 3 aromatic rings. The minimum atomic E-state index is -0.208. The van der Waals surface area contributed by atoms with Gasteiger partial charge >= 0.3 is 0 Å². The third-order valence-corrected chi connectivity index (χ3v) is 4.41. The molecule has 3 rings (SSSR count). The van der Waals surface area contributed by atoms with Crippen LogP contribution in [0.4, 0.5) is 0 Å². The van der Waals surface area contributed by atoms with E-state index in [1.54, 1.807) is 24.3 Å². The summed E-state index contributed by atoms with van der Waals surface area (Å²) >= 11 is 12.8. The normalized spacial score (nSPS) is 10.5. The lowest BCUT2D eigenvalue weighted by Crippen LogP contribution is -2.22. The fraction of sp³-hybridized carbons (Fsp3) is 0.0625. The van der Waals surface area contributed by atoms with Gasteiger partial charge in [0.2, 0.25) is 0 Å². The Morgan fingerprint density at radius 3 is 2.26 bits per heavy atom. The maximum atomic E-state index is 12.4. The average molecular weight is 364 g/mol. The first-order chi connectivity index (χ1) is 11.1. The summed E-state index contributed by atoms with van der Waals surface area (Å²) in [6.07, 6.45) is 0. The molecule has 7 heteroatoms. The van der Waals surface area contributed by atoms with Crippen molar-refractivity contribution in [1.82, 2.24) is 14.9 Å². The molecule has 0 saturated heterocycles. The van der Waals surface area contributed by atoms with Gasteiger partial charge in [0, 0.05) is 22.2 Å². The molecule has 0 aliphatic carbocycles. The molecule has 2 aromatic carbocycles. The number of amides is 1. The Balaban J connectivity index is 1.74. The van der Waals surface area contributed by atoms with Gasteiger partial charge in [-0.2, -0.15) is 0 Å². The third kappa shape index (κ3) is 3.88. The lowest BCUT2D eigenvalue weighted by molar-refractivity contribution is 0.0955. The zero-order valence-corrected chi connectivity index (χ0v) is 14.1. The molecule has 23 heavy (non-hydrogen) atoms. The van der Waals surface area contributed by atoms with E-state index in [2.05, 4.69) is 14.9 Å². The van der Waals surface area contributed by atoms with Crippen molar-refractivity contribution in [3.05, 3.63) is 69.0 Å². The summed E-state index contributed by atoms with van der Waals surface area (Å²) in [6.45, 7) is 0.411. The maximum absolute atomic E-state index is 12.4. The van der Waals surface area contributed by atoms with Crippen LogP contribution in [0.1, 0.15) is 15.2 Å². The second-order valence-electron chi connectivity index (χ2n) is 4.77. The van der Waals surface area contributed by atoms with Gasteiger partial charge in [-0.25, -0.2) is 0 Å². The number of carbonyl (C=O) groups is 1. The molecular formula is C16H11Cl2N3OS. The van der Waals surface area contributed by atoms with Gasteiger partial charge in [0.25, 0.3) is 5.91 Å². The summed E-state index contributed by atoms with van der Waals surface area (Å²) in [6, 6.07) is 14.5. The van der Waals surface area contributed by atoms with Crippen LogP contribution in [0.5, 0.6) is 0 Å². The van der Waals surface area contributed by atoms with Crippen LogP contribution < -0.4 is 5.32 Å². The van der Waals surface area contributed by atoms with Crippen molar-refractivity contribution >= 4 is 40.6 Å². The van der Waals surface area contributed by atoms with Crippen molar-refractivity contribution in [2.45, 2.75) is 6.54 Å². The number of rotatable bonds is 4. The van der Waals surface area contributed by atoms with Crippen LogP contribution in [0.15, 0.2) is 48.5 Å². The van der Waals surface area contributed by atoms with E-state index in [9.17, 15) is 4.79 Å². The molecule has 1 heterocycles. The molecule has 116 valence electrons. The largest absolute Gasteiger partial charge is 0.347 e. The second-order valence-corrected chi connectivity index (χ2v) is 6.39. The van der Waals surface area contributed by atoms with Gasteiger partial charge in [-0.3, -0.25) is 4.79 Å². The van der Waals surface area contributed by atoms with Crippen LogP contribution in [-0.4, -0.2) is 15.5 Å². The molecule has 0 bridgehead atoms. The highest BCUT2D eigenvalue weighted by Crippen LogP contribution is 2.25. The number of nitrogens with one attached hydrogen (secondary N) is 1. The van der Waals surface area contributed by atoms with Gasteiger partial charge in [0.15, 0.2) is 0 Å². The number of hydrogen-bond donors (Lipinski definition) is 1. The van der Waals surface area contributed by atoms with Crippen molar-refractivity contribution in [3.8, 4) is 11.3 Å². The minimum Gasteiger partial charge on any atom is -0.347 e. The first kappa shape index (κ1) is 15.9. The average Bonchev–Trinajstić information content (AvgIpc) is 3.04. The van der Waals surface area contributed by atoms with Gasteiger partial charge in [-0.15, -0.1) is 5.10 Å². The van der Waals surface area contributed by atoms with Gasteiger partial charge in [0.05, 0.1) is 0 Å². The Kier molecular flexibility index (Phi) is 4.91. The van der Waals surface area contributed by atoms with Crippen molar-refractivity contribution in [3.63, 3.8) is 0 Å². The Morgan fingerprint density at radius 2 is 1.61 bits per heavy atom. The van der Waals surface area contributed by atoms with Gasteiger partial charge < -0.3 is 5.32 Å². The standard InChI is InChI=1S/C16H11Cl2N3OS/c17-12-5-1-10(2-6-12)9-19-16(22)15-14(20-21-23-15)11-3-7-13(18)8-4-11/h1-8H,9H2,(H,19,22). The monoisotopic (exact) mass is 363 g/mol. The van der Waals surface area contributed by atoms with Crippen LogP contribution in [-0.2, 0) is 6.54 Å². The maximum Gasteiger partial charge on any atom is 0.265 e.